The third kappa shape index (κ3) is 4.69. The first-order valence-corrected chi connectivity index (χ1v) is 14.1. The number of amides is 1. The molecule has 0 aliphatic heterocycles. The molecule has 0 spiro atoms. The SMILES string of the molecule is COCCN(C)Cc1ccc2cc3c(c(O)c2c1)C(=O)C1=C(O)C2[C@@H](CC1(N)C3)[C@H](N(C)C)C(O)=C(C(N)=O)C2(O)OC. The average molecular weight is 597 g/mol. The maximum Gasteiger partial charge on any atom is 0.253 e. The topological polar surface area (TPSA) is 192 Å². The van der Waals surface area contributed by atoms with Gasteiger partial charge in [-0.1, -0.05) is 18.2 Å². The summed E-state index contributed by atoms with van der Waals surface area (Å²) in [5.74, 6) is -7.78. The molecule has 2 aromatic carbocycles. The summed E-state index contributed by atoms with van der Waals surface area (Å²) in [5.41, 5.74) is 11.8. The number of methoxy groups -OCH3 is 2. The van der Waals surface area contributed by atoms with E-state index in [1.54, 1.807) is 26.1 Å². The van der Waals surface area contributed by atoms with Crippen LogP contribution in [0.25, 0.3) is 10.8 Å². The Labute approximate surface area is 249 Å². The molecule has 0 saturated carbocycles. The molecular formula is C31H40N4O8. The van der Waals surface area contributed by atoms with Crippen LogP contribution in [0.3, 0.4) is 0 Å². The van der Waals surface area contributed by atoms with Crippen LogP contribution in [-0.4, -0.2) is 108 Å². The van der Waals surface area contributed by atoms with Crippen molar-refractivity contribution in [3.8, 4) is 5.75 Å². The highest BCUT2D eigenvalue weighted by atomic mass is 16.6. The lowest BCUT2D eigenvalue weighted by atomic mass is 9.56. The van der Waals surface area contributed by atoms with Crippen LogP contribution in [0.1, 0.15) is 27.9 Å². The number of aliphatic hydroxyl groups is 3. The quantitative estimate of drug-likeness (QED) is 0.239. The van der Waals surface area contributed by atoms with E-state index in [-0.39, 0.29) is 29.7 Å². The van der Waals surface area contributed by atoms with E-state index in [1.165, 1.54) is 0 Å². The van der Waals surface area contributed by atoms with Crippen LogP contribution < -0.4 is 11.5 Å². The van der Waals surface area contributed by atoms with Crippen molar-refractivity contribution < 1.29 is 39.5 Å². The minimum atomic E-state index is -2.54. The van der Waals surface area contributed by atoms with E-state index in [9.17, 15) is 30.0 Å². The van der Waals surface area contributed by atoms with E-state index in [2.05, 4.69) is 4.90 Å². The smallest absolute Gasteiger partial charge is 0.253 e. The van der Waals surface area contributed by atoms with Gasteiger partial charge < -0.3 is 41.4 Å². The summed E-state index contributed by atoms with van der Waals surface area (Å²) in [6.45, 7) is 1.88. The van der Waals surface area contributed by atoms with Crippen molar-refractivity contribution in [3.63, 3.8) is 0 Å². The Balaban J connectivity index is 1.66. The molecule has 5 rings (SSSR count). The first-order chi connectivity index (χ1) is 20.2. The molecule has 0 radical (unpaired) electrons. The number of ether oxygens (including phenoxy) is 2. The van der Waals surface area contributed by atoms with Crippen molar-refractivity contribution in [2.45, 2.75) is 36.8 Å². The van der Waals surface area contributed by atoms with Gasteiger partial charge in [0.2, 0.25) is 5.79 Å². The van der Waals surface area contributed by atoms with Gasteiger partial charge in [0, 0.05) is 32.7 Å². The van der Waals surface area contributed by atoms with Crippen LogP contribution in [0.4, 0.5) is 0 Å². The first-order valence-electron chi connectivity index (χ1n) is 14.1. The Morgan fingerprint density at radius 2 is 1.81 bits per heavy atom. The number of phenolic OH excluding ortho intramolecular Hbond substituents is 1. The average Bonchev–Trinajstić information content (AvgIpc) is 2.91. The van der Waals surface area contributed by atoms with Crippen LogP contribution >= 0.6 is 0 Å². The molecular weight excluding hydrogens is 556 g/mol. The summed E-state index contributed by atoms with van der Waals surface area (Å²) in [6, 6.07) is 6.62. The number of hydrogen-bond acceptors (Lipinski definition) is 11. The molecule has 0 heterocycles. The monoisotopic (exact) mass is 596 g/mol. The summed E-state index contributed by atoms with van der Waals surface area (Å²) in [6.07, 6.45) is 0.138. The second-order valence-electron chi connectivity index (χ2n) is 12.2. The second-order valence-corrected chi connectivity index (χ2v) is 12.2. The lowest BCUT2D eigenvalue weighted by molar-refractivity contribution is -0.219. The molecule has 5 atom stereocenters. The van der Waals surface area contributed by atoms with Crippen molar-refractivity contribution in [1.82, 2.24) is 9.80 Å². The summed E-state index contributed by atoms with van der Waals surface area (Å²) < 4.78 is 10.5. The highest BCUT2D eigenvalue weighted by Crippen LogP contribution is 2.55. The van der Waals surface area contributed by atoms with Crippen LogP contribution in [0.15, 0.2) is 46.9 Å². The molecule has 0 bridgehead atoms. The van der Waals surface area contributed by atoms with Crippen molar-refractivity contribution in [1.29, 1.82) is 0 Å². The van der Waals surface area contributed by atoms with Crippen molar-refractivity contribution in [2.75, 3.05) is 48.5 Å². The second kappa shape index (κ2) is 10.9. The zero-order valence-electron chi connectivity index (χ0n) is 25.0. The number of fused-ring (bicyclic) bond motifs is 4. The number of aliphatic hydroxyl groups excluding tert-OH is 2. The number of carbonyl (C=O) groups is 2. The Morgan fingerprint density at radius 3 is 2.42 bits per heavy atom. The molecule has 0 saturated heterocycles. The van der Waals surface area contributed by atoms with Gasteiger partial charge in [0.05, 0.1) is 35.2 Å². The number of ketones is 1. The molecule has 1 amide bonds. The molecule has 2 aromatic rings. The Hall–Kier alpha value is -3.52. The first kappa shape index (κ1) is 30.9. The van der Waals surface area contributed by atoms with E-state index >= 15 is 0 Å². The number of carbonyl (C=O) groups excluding carboxylic acids is 2. The van der Waals surface area contributed by atoms with Crippen LogP contribution in [0.5, 0.6) is 5.75 Å². The maximum atomic E-state index is 14.2. The summed E-state index contributed by atoms with van der Waals surface area (Å²) in [5, 5.41) is 47.4. The van der Waals surface area contributed by atoms with Gasteiger partial charge in [0.25, 0.3) is 5.91 Å². The van der Waals surface area contributed by atoms with Crippen LogP contribution in [-0.2, 0) is 27.2 Å². The van der Waals surface area contributed by atoms with Gasteiger partial charge in [-0.05, 0) is 62.5 Å². The number of hydrogen-bond donors (Lipinski definition) is 6. The largest absolute Gasteiger partial charge is 0.511 e. The summed E-state index contributed by atoms with van der Waals surface area (Å²) >= 11 is 0. The van der Waals surface area contributed by atoms with Gasteiger partial charge in [0.1, 0.15) is 22.8 Å². The van der Waals surface area contributed by atoms with Crippen LogP contribution in [0.2, 0.25) is 0 Å². The van der Waals surface area contributed by atoms with Crippen LogP contribution in [0, 0.1) is 11.8 Å². The Morgan fingerprint density at radius 1 is 1.12 bits per heavy atom. The fourth-order valence-electron chi connectivity index (χ4n) is 7.45. The van der Waals surface area contributed by atoms with Crippen molar-refractivity contribution >= 4 is 22.5 Å². The third-order valence-electron chi connectivity index (χ3n) is 9.26. The fourth-order valence-corrected chi connectivity index (χ4v) is 7.45. The Bertz CT molecular complexity index is 1570. The normalized spacial score (nSPS) is 28.9. The number of nitrogens with zero attached hydrogens (tertiary/aromatic N) is 2. The predicted molar refractivity (Wildman–Crippen MR) is 158 cm³/mol. The molecule has 8 N–H and O–H groups in total. The van der Waals surface area contributed by atoms with E-state index in [4.69, 9.17) is 20.9 Å². The number of aromatic hydroxyl groups is 1. The standard InChI is InChI=1S/C31H40N4O8/c1-34(2)24-19-13-30(33)12-17-11-16-7-6-15(14-35(3)8-9-42-4)10-18(16)25(36)20(17)26(37)22(30)27(38)21(19)31(41,43-5)23(28(24)39)29(32)40/h6-7,10-11,19,21,24,36,38-39,41H,8-9,12-14,33H2,1-5H3,(H2,32,40)/t19-,21?,24+,30?,31?/m1/s1. The van der Waals surface area contributed by atoms with E-state index < -0.39 is 58.0 Å². The Kier molecular flexibility index (Phi) is 7.83. The van der Waals surface area contributed by atoms with Crippen molar-refractivity contribution in [2.24, 2.45) is 23.3 Å². The fraction of sp³-hybridized carbons (Fsp3) is 0.484. The lowest BCUT2D eigenvalue weighted by Crippen LogP contribution is -2.65. The van der Waals surface area contributed by atoms with Gasteiger partial charge >= 0.3 is 0 Å². The summed E-state index contributed by atoms with van der Waals surface area (Å²) in [7, 11) is 8.05. The molecule has 12 heteroatoms. The van der Waals surface area contributed by atoms with E-state index in [1.807, 2.05) is 31.3 Å². The molecule has 0 aromatic heterocycles. The number of benzene rings is 2. The highest BCUT2D eigenvalue weighted by Gasteiger charge is 2.64. The minimum absolute atomic E-state index is 0.0212. The molecule has 43 heavy (non-hydrogen) atoms. The maximum absolute atomic E-state index is 14.2. The number of Topliss-reactive ketones (excluding diaryl/α,β-unsaturated/α-hetero) is 1. The zero-order chi connectivity index (χ0) is 31.6. The van der Waals surface area contributed by atoms with Gasteiger partial charge in [-0.2, -0.15) is 0 Å². The number of likely N-dealkylation sites (N-methyl/N-ethyl adjacent to an activating group) is 2. The van der Waals surface area contributed by atoms with E-state index in [0.29, 0.717) is 30.6 Å². The highest BCUT2D eigenvalue weighted by molar-refractivity contribution is 6.17. The molecule has 12 nitrogen and oxygen atoms in total. The van der Waals surface area contributed by atoms with Gasteiger partial charge in [-0.15, -0.1) is 0 Å². The third-order valence-corrected chi connectivity index (χ3v) is 9.26. The van der Waals surface area contributed by atoms with E-state index in [0.717, 1.165) is 18.1 Å². The number of rotatable bonds is 8. The molecule has 3 unspecified atom stereocenters. The predicted octanol–water partition coefficient (Wildman–Crippen LogP) is 1.08. The summed E-state index contributed by atoms with van der Waals surface area (Å²) in [4.78, 5) is 30.4. The van der Waals surface area contributed by atoms with Crippen molar-refractivity contribution in [3.05, 3.63) is 63.6 Å². The molecule has 232 valence electrons. The minimum Gasteiger partial charge on any atom is -0.511 e. The van der Waals surface area contributed by atoms with Gasteiger partial charge in [-0.25, -0.2) is 0 Å². The number of phenols is 1. The lowest BCUT2D eigenvalue weighted by Gasteiger charge is -2.54. The number of primary amides is 1. The van der Waals surface area contributed by atoms with Gasteiger partial charge in [0.15, 0.2) is 5.78 Å². The number of nitrogens with two attached hydrogens (primary N) is 2. The molecule has 3 aliphatic carbocycles. The van der Waals surface area contributed by atoms with Gasteiger partial charge in [-0.3, -0.25) is 19.4 Å². The zero-order valence-corrected chi connectivity index (χ0v) is 25.0. The molecule has 0 fully saturated rings. The molecule has 3 aliphatic rings.